The van der Waals surface area contributed by atoms with Crippen molar-refractivity contribution in [2.75, 3.05) is 5.73 Å². The number of pyridine rings is 1. The highest BCUT2D eigenvalue weighted by atomic mass is 19.1. The van der Waals surface area contributed by atoms with Crippen LogP contribution in [0, 0.1) is 5.82 Å². The van der Waals surface area contributed by atoms with Gasteiger partial charge in [-0.05, 0) is 25.5 Å². The van der Waals surface area contributed by atoms with Crippen molar-refractivity contribution in [3.05, 3.63) is 23.6 Å². The second-order valence-electron chi connectivity index (χ2n) is 3.31. The molecule has 0 unspecified atom stereocenters. The minimum Gasteiger partial charge on any atom is -0.381 e. The van der Waals surface area contributed by atoms with E-state index in [2.05, 4.69) is 4.98 Å². The van der Waals surface area contributed by atoms with Crippen LogP contribution in [0.1, 0.15) is 19.4 Å². The Kier molecular flexibility index (Phi) is 2.02. The monoisotopic (exact) mass is 169 g/mol. The molecule has 0 aliphatic heterocycles. The van der Waals surface area contributed by atoms with E-state index in [-0.39, 0.29) is 5.82 Å². The van der Waals surface area contributed by atoms with Gasteiger partial charge >= 0.3 is 0 Å². The van der Waals surface area contributed by atoms with E-state index in [1.165, 1.54) is 12.3 Å². The number of hydrogen-bond donors (Lipinski definition) is 2. The molecule has 1 rings (SSSR count). The van der Waals surface area contributed by atoms with E-state index < -0.39 is 11.4 Å². The Bertz CT molecular complexity index is 291. The molecule has 12 heavy (non-hydrogen) atoms. The summed E-state index contributed by atoms with van der Waals surface area (Å²) in [7, 11) is 0. The van der Waals surface area contributed by atoms with Gasteiger partial charge in [0.1, 0.15) is 0 Å². The van der Waals surface area contributed by atoms with Crippen molar-refractivity contribution in [2.45, 2.75) is 19.4 Å². The average molecular weight is 169 g/mol. The van der Waals surface area contributed by atoms with Crippen LogP contribution in [0.25, 0.3) is 0 Å². The summed E-state index contributed by atoms with van der Waals surface area (Å²) >= 11 is 0. The second-order valence-corrected chi connectivity index (χ2v) is 3.31. The summed E-state index contributed by atoms with van der Waals surface area (Å²) in [4.78, 5) is 3.67. The first kappa shape index (κ1) is 8.93. The maximum atomic E-state index is 12.9. The smallest absolute Gasteiger partial charge is 0.165 e. The Labute approximate surface area is 70.6 Å². The van der Waals surface area contributed by atoms with E-state index >= 15 is 0 Å². The number of rotatable bonds is 1. The van der Waals surface area contributed by atoms with E-state index in [9.17, 15) is 4.39 Å². The summed E-state index contributed by atoms with van der Waals surface area (Å²) in [6.07, 6.45) is 1.48. The lowest BCUT2D eigenvalue weighted by atomic mass is 9.98. The van der Waals surface area contributed by atoms with Gasteiger partial charge in [0.05, 0.1) is 0 Å². The SMILES string of the molecule is CC(C)(N)c1cnc(N)c(F)c1. The van der Waals surface area contributed by atoms with Gasteiger partial charge in [0, 0.05) is 11.7 Å². The summed E-state index contributed by atoms with van der Waals surface area (Å²) in [5.74, 6) is -0.617. The molecular formula is C8H12FN3. The lowest BCUT2D eigenvalue weighted by Gasteiger charge is -2.18. The predicted octanol–water partition coefficient (Wildman–Crippen LogP) is 0.997. The molecule has 0 bridgehead atoms. The second kappa shape index (κ2) is 2.71. The molecule has 0 saturated heterocycles. The van der Waals surface area contributed by atoms with Gasteiger partial charge in [-0.1, -0.05) is 0 Å². The van der Waals surface area contributed by atoms with E-state index in [0.29, 0.717) is 5.56 Å². The molecule has 0 aliphatic carbocycles. The quantitative estimate of drug-likeness (QED) is 0.659. The molecule has 66 valence electrons. The standard InChI is InChI=1S/C8H12FN3/c1-8(2,11)5-3-6(9)7(10)12-4-5/h3-4H,11H2,1-2H3,(H2,10,12). The van der Waals surface area contributed by atoms with Gasteiger partial charge in [0.15, 0.2) is 11.6 Å². The normalized spacial score (nSPS) is 11.7. The van der Waals surface area contributed by atoms with Crippen LogP contribution < -0.4 is 11.5 Å². The van der Waals surface area contributed by atoms with Crippen LogP contribution >= 0.6 is 0 Å². The van der Waals surface area contributed by atoms with Crippen LogP contribution in [0.2, 0.25) is 0 Å². The molecule has 1 aromatic heterocycles. The van der Waals surface area contributed by atoms with E-state index in [1.54, 1.807) is 13.8 Å². The highest BCUT2D eigenvalue weighted by molar-refractivity contribution is 5.33. The summed E-state index contributed by atoms with van der Waals surface area (Å²) in [5, 5.41) is 0. The zero-order valence-electron chi connectivity index (χ0n) is 7.13. The first-order valence-corrected chi connectivity index (χ1v) is 3.61. The lowest BCUT2D eigenvalue weighted by Crippen LogP contribution is -2.29. The van der Waals surface area contributed by atoms with Gasteiger partial charge in [-0.2, -0.15) is 0 Å². The fourth-order valence-electron chi connectivity index (χ4n) is 0.801. The van der Waals surface area contributed by atoms with Gasteiger partial charge < -0.3 is 11.5 Å². The molecular weight excluding hydrogens is 157 g/mol. The van der Waals surface area contributed by atoms with Gasteiger partial charge in [0.25, 0.3) is 0 Å². The zero-order chi connectivity index (χ0) is 9.35. The largest absolute Gasteiger partial charge is 0.381 e. The number of nitrogen functional groups attached to an aromatic ring is 1. The molecule has 4 heteroatoms. The Hall–Kier alpha value is -1.16. The lowest BCUT2D eigenvalue weighted by molar-refractivity contribution is 0.540. The third kappa shape index (κ3) is 1.71. The average Bonchev–Trinajstić information content (AvgIpc) is 1.92. The van der Waals surface area contributed by atoms with Crippen LogP contribution in [0.5, 0.6) is 0 Å². The van der Waals surface area contributed by atoms with Crippen LogP contribution in [0.3, 0.4) is 0 Å². The van der Waals surface area contributed by atoms with Crippen molar-refractivity contribution in [3.63, 3.8) is 0 Å². The van der Waals surface area contributed by atoms with E-state index in [1.807, 2.05) is 0 Å². The van der Waals surface area contributed by atoms with Crippen molar-refractivity contribution in [2.24, 2.45) is 5.73 Å². The number of aromatic nitrogens is 1. The van der Waals surface area contributed by atoms with Crippen LogP contribution in [-0.4, -0.2) is 4.98 Å². The number of nitrogens with two attached hydrogens (primary N) is 2. The van der Waals surface area contributed by atoms with Crippen molar-refractivity contribution in [3.8, 4) is 0 Å². The summed E-state index contributed by atoms with van der Waals surface area (Å²) in [6, 6.07) is 1.31. The van der Waals surface area contributed by atoms with Crippen LogP contribution in [0.15, 0.2) is 12.3 Å². The molecule has 1 aromatic rings. The summed E-state index contributed by atoms with van der Waals surface area (Å²) in [5.41, 5.74) is 11.0. The molecule has 3 nitrogen and oxygen atoms in total. The molecule has 0 atom stereocenters. The van der Waals surface area contributed by atoms with E-state index in [4.69, 9.17) is 11.5 Å². The third-order valence-corrected chi connectivity index (χ3v) is 1.61. The van der Waals surface area contributed by atoms with Gasteiger partial charge in [-0.3, -0.25) is 0 Å². The minimum atomic E-state index is -0.582. The predicted molar refractivity (Wildman–Crippen MR) is 45.8 cm³/mol. The molecule has 0 amide bonds. The van der Waals surface area contributed by atoms with Gasteiger partial charge in [-0.15, -0.1) is 0 Å². The Morgan fingerprint density at radius 2 is 2.08 bits per heavy atom. The molecule has 0 radical (unpaired) electrons. The molecule has 1 heterocycles. The number of anilines is 1. The highest BCUT2D eigenvalue weighted by Crippen LogP contribution is 2.18. The summed E-state index contributed by atoms with van der Waals surface area (Å²) < 4.78 is 12.9. The first-order chi connectivity index (χ1) is 5.41. The molecule has 0 fully saturated rings. The Morgan fingerprint density at radius 3 is 2.50 bits per heavy atom. The Balaban J connectivity index is 3.14. The molecule has 0 saturated carbocycles. The molecule has 0 aromatic carbocycles. The Morgan fingerprint density at radius 1 is 1.50 bits per heavy atom. The minimum absolute atomic E-state index is 0.0944. The van der Waals surface area contributed by atoms with Gasteiger partial charge in [-0.25, -0.2) is 9.37 Å². The highest BCUT2D eigenvalue weighted by Gasteiger charge is 2.15. The fraction of sp³-hybridized carbons (Fsp3) is 0.375. The maximum Gasteiger partial charge on any atom is 0.165 e. The third-order valence-electron chi connectivity index (χ3n) is 1.61. The topological polar surface area (TPSA) is 64.9 Å². The van der Waals surface area contributed by atoms with Crippen molar-refractivity contribution >= 4 is 5.82 Å². The number of halogens is 1. The van der Waals surface area contributed by atoms with Crippen molar-refractivity contribution in [1.82, 2.24) is 4.98 Å². The van der Waals surface area contributed by atoms with Gasteiger partial charge in [0.2, 0.25) is 0 Å². The van der Waals surface area contributed by atoms with Crippen LogP contribution in [0.4, 0.5) is 10.2 Å². The molecule has 4 N–H and O–H groups in total. The maximum absolute atomic E-state index is 12.9. The van der Waals surface area contributed by atoms with Crippen molar-refractivity contribution < 1.29 is 4.39 Å². The summed E-state index contributed by atoms with van der Waals surface area (Å²) in [6.45, 7) is 3.55. The molecule has 0 aliphatic rings. The fourth-order valence-corrected chi connectivity index (χ4v) is 0.801. The van der Waals surface area contributed by atoms with E-state index in [0.717, 1.165) is 0 Å². The molecule has 0 spiro atoms. The first-order valence-electron chi connectivity index (χ1n) is 3.61. The zero-order valence-corrected chi connectivity index (χ0v) is 7.13. The van der Waals surface area contributed by atoms with Crippen molar-refractivity contribution in [1.29, 1.82) is 0 Å². The number of nitrogens with zero attached hydrogens (tertiary/aromatic N) is 1. The number of hydrogen-bond acceptors (Lipinski definition) is 3. The van der Waals surface area contributed by atoms with Crippen LogP contribution in [-0.2, 0) is 5.54 Å².